The zero-order valence-electron chi connectivity index (χ0n) is 11.1. The summed E-state index contributed by atoms with van der Waals surface area (Å²) in [7, 11) is 1.99. The SMILES string of the molecule is CCOC(=O)C(CC)N1CCCC(NC)C1.Cl. The number of halogens is 1. The number of nitrogens with zero attached hydrogens (tertiary/aromatic N) is 1. The monoisotopic (exact) mass is 264 g/mol. The molecule has 0 aromatic rings. The second kappa shape index (κ2) is 8.72. The lowest BCUT2D eigenvalue weighted by Gasteiger charge is -2.36. The molecule has 0 bridgehead atoms. The van der Waals surface area contributed by atoms with E-state index in [2.05, 4.69) is 10.2 Å². The fourth-order valence-corrected chi connectivity index (χ4v) is 2.34. The number of rotatable bonds is 5. The Kier molecular flexibility index (Phi) is 8.56. The molecule has 1 fully saturated rings. The molecule has 4 nitrogen and oxygen atoms in total. The van der Waals surface area contributed by atoms with Crippen molar-refractivity contribution in [3.8, 4) is 0 Å². The van der Waals surface area contributed by atoms with Crippen LogP contribution in [0.1, 0.15) is 33.1 Å². The maximum absolute atomic E-state index is 11.8. The van der Waals surface area contributed by atoms with Crippen LogP contribution in [0.25, 0.3) is 0 Å². The number of likely N-dealkylation sites (tertiary alicyclic amines) is 1. The molecule has 102 valence electrons. The molecule has 1 aliphatic heterocycles. The van der Waals surface area contributed by atoms with E-state index in [0.29, 0.717) is 12.6 Å². The lowest BCUT2D eigenvalue weighted by atomic mass is 10.0. The minimum absolute atomic E-state index is 0. The summed E-state index contributed by atoms with van der Waals surface area (Å²) in [6.45, 7) is 6.34. The van der Waals surface area contributed by atoms with Gasteiger partial charge in [0.1, 0.15) is 6.04 Å². The Morgan fingerprint density at radius 2 is 2.24 bits per heavy atom. The van der Waals surface area contributed by atoms with Gasteiger partial charge in [0.05, 0.1) is 6.61 Å². The number of hydrogen-bond acceptors (Lipinski definition) is 4. The summed E-state index contributed by atoms with van der Waals surface area (Å²) in [6, 6.07) is 0.452. The van der Waals surface area contributed by atoms with Gasteiger partial charge in [0, 0.05) is 12.6 Å². The van der Waals surface area contributed by atoms with Crippen LogP contribution < -0.4 is 5.32 Å². The number of ether oxygens (including phenoxy) is 1. The van der Waals surface area contributed by atoms with Crippen LogP contribution in [0.5, 0.6) is 0 Å². The topological polar surface area (TPSA) is 41.6 Å². The van der Waals surface area contributed by atoms with E-state index in [0.717, 1.165) is 25.9 Å². The van der Waals surface area contributed by atoms with Gasteiger partial charge < -0.3 is 10.1 Å². The molecule has 17 heavy (non-hydrogen) atoms. The molecule has 2 unspecified atom stereocenters. The van der Waals surface area contributed by atoms with E-state index in [1.807, 2.05) is 20.9 Å². The van der Waals surface area contributed by atoms with Crippen molar-refractivity contribution < 1.29 is 9.53 Å². The van der Waals surface area contributed by atoms with Crippen molar-refractivity contribution in [1.29, 1.82) is 0 Å². The molecular formula is C12H25ClN2O2. The number of hydrogen-bond donors (Lipinski definition) is 1. The van der Waals surface area contributed by atoms with Crippen LogP contribution in [-0.2, 0) is 9.53 Å². The van der Waals surface area contributed by atoms with Gasteiger partial charge in [-0.2, -0.15) is 0 Å². The Hall–Kier alpha value is -0.320. The molecule has 0 amide bonds. The van der Waals surface area contributed by atoms with E-state index in [9.17, 15) is 4.79 Å². The van der Waals surface area contributed by atoms with Crippen molar-refractivity contribution >= 4 is 18.4 Å². The summed E-state index contributed by atoms with van der Waals surface area (Å²) in [4.78, 5) is 14.0. The van der Waals surface area contributed by atoms with Gasteiger partial charge >= 0.3 is 5.97 Å². The third kappa shape index (κ3) is 4.82. The average molecular weight is 265 g/mol. The molecule has 5 heteroatoms. The summed E-state index contributed by atoms with van der Waals surface area (Å²) < 4.78 is 5.12. The molecular weight excluding hydrogens is 240 g/mol. The molecule has 0 saturated carbocycles. The van der Waals surface area contributed by atoms with Gasteiger partial charge in [0.25, 0.3) is 0 Å². The van der Waals surface area contributed by atoms with Crippen LogP contribution in [0.3, 0.4) is 0 Å². The summed E-state index contributed by atoms with van der Waals surface area (Å²) in [6.07, 6.45) is 3.18. The quantitative estimate of drug-likeness (QED) is 0.763. The summed E-state index contributed by atoms with van der Waals surface area (Å²) in [5, 5.41) is 3.29. The highest BCUT2D eigenvalue weighted by Gasteiger charge is 2.29. The predicted octanol–water partition coefficient (Wildman–Crippen LogP) is 1.43. The molecule has 2 atom stereocenters. The van der Waals surface area contributed by atoms with Crippen LogP contribution in [0, 0.1) is 0 Å². The molecule has 0 aliphatic carbocycles. The second-order valence-electron chi connectivity index (χ2n) is 4.30. The van der Waals surface area contributed by atoms with Crippen molar-refractivity contribution in [2.45, 2.75) is 45.2 Å². The first-order valence-corrected chi connectivity index (χ1v) is 6.30. The summed E-state index contributed by atoms with van der Waals surface area (Å²) in [5.74, 6) is -0.0678. The van der Waals surface area contributed by atoms with E-state index in [4.69, 9.17) is 4.74 Å². The molecule has 0 radical (unpaired) electrons. The normalized spacial score (nSPS) is 22.6. The highest BCUT2D eigenvalue weighted by molar-refractivity contribution is 5.85. The van der Waals surface area contributed by atoms with Gasteiger partial charge in [0.15, 0.2) is 0 Å². The fraction of sp³-hybridized carbons (Fsp3) is 0.917. The van der Waals surface area contributed by atoms with Gasteiger partial charge in [-0.3, -0.25) is 9.69 Å². The Bertz CT molecular complexity index is 227. The third-order valence-electron chi connectivity index (χ3n) is 3.25. The van der Waals surface area contributed by atoms with Crippen LogP contribution in [0.15, 0.2) is 0 Å². The zero-order valence-corrected chi connectivity index (χ0v) is 11.9. The number of esters is 1. The lowest BCUT2D eigenvalue weighted by Crippen LogP contribution is -2.51. The Morgan fingerprint density at radius 3 is 2.76 bits per heavy atom. The summed E-state index contributed by atoms with van der Waals surface area (Å²) in [5.41, 5.74) is 0. The largest absolute Gasteiger partial charge is 0.465 e. The first-order chi connectivity index (χ1) is 7.72. The Morgan fingerprint density at radius 1 is 1.53 bits per heavy atom. The smallest absolute Gasteiger partial charge is 0.323 e. The number of likely N-dealkylation sites (N-methyl/N-ethyl adjacent to an activating group) is 1. The molecule has 1 rings (SSSR count). The van der Waals surface area contributed by atoms with Crippen molar-refractivity contribution in [3.05, 3.63) is 0 Å². The van der Waals surface area contributed by atoms with E-state index in [1.165, 1.54) is 6.42 Å². The predicted molar refractivity (Wildman–Crippen MR) is 71.6 cm³/mol. The van der Waals surface area contributed by atoms with Gasteiger partial charge in [-0.25, -0.2) is 0 Å². The van der Waals surface area contributed by atoms with Gasteiger partial charge in [-0.1, -0.05) is 6.92 Å². The van der Waals surface area contributed by atoms with E-state index in [-0.39, 0.29) is 24.4 Å². The van der Waals surface area contributed by atoms with E-state index in [1.54, 1.807) is 0 Å². The molecule has 1 N–H and O–H groups in total. The standard InChI is InChI=1S/C12H24N2O2.ClH/c1-4-11(12(15)16-5-2)14-8-6-7-10(9-14)13-3;/h10-11,13H,4-9H2,1-3H3;1H. The van der Waals surface area contributed by atoms with Crippen molar-refractivity contribution in [1.82, 2.24) is 10.2 Å². The molecule has 0 aromatic carbocycles. The average Bonchev–Trinajstić information content (AvgIpc) is 2.31. The fourth-order valence-electron chi connectivity index (χ4n) is 2.34. The first kappa shape index (κ1) is 16.7. The van der Waals surface area contributed by atoms with Crippen LogP contribution >= 0.6 is 12.4 Å². The van der Waals surface area contributed by atoms with E-state index < -0.39 is 0 Å². The Labute approximate surface area is 110 Å². The number of nitrogens with one attached hydrogen (secondary N) is 1. The number of piperidine rings is 1. The Balaban J connectivity index is 0.00000256. The molecule has 0 spiro atoms. The maximum Gasteiger partial charge on any atom is 0.323 e. The van der Waals surface area contributed by atoms with Gasteiger partial charge in [0.2, 0.25) is 0 Å². The van der Waals surface area contributed by atoms with Gasteiger partial charge in [-0.15, -0.1) is 12.4 Å². The minimum Gasteiger partial charge on any atom is -0.465 e. The van der Waals surface area contributed by atoms with Crippen LogP contribution in [0.4, 0.5) is 0 Å². The second-order valence-corrected chi connectivity index (χ2v) is 4.30. The molecule has 1 heterocycles. The summed E-state index contributed by atoms with van der Waals surface area (Å²) >= 11 is 0. The molecule has 1 aliphatic rings. The highest BCUT2D eigenvalue weighted by Crippen LogP contribution is 2.15. The highest BCUT2D eigenvalue weighted by atomic mass is 35.5. The lowest BCUT2D eigenvalue weighted by molar-refractivity contribution is -0.150. The van der Waals surface area contributed by atoms with Gasteiger partial charge in [-0.05, 0) is 39.8 Å². The molecule has 0 aromatic heterocycles. The van der Waals surface area contributed by atoms with Crippen molar-refractivity contribution in [3.63, 3.8) is 0 Å². The zero-order chi connectivity index (χ0) is 12.0. The van der Waals surface area contributed by atoms with Crippen molar-refractivity contribution in [2.75, 3.05) is 26.7 Å². The number of carbonyl (C=O) groups is 1. The molecule has 1 saturated heterocycles. The third-order valence-corrected chi connectivity index (χ3v) is 3.25. The number of carbonyl (C=O) groups excluding carboxylic acids is 1. The first-order valence-electron chi connectivity index (χ1n) is 6.30. The minimum atomic E-state index is -0.0678. The van der Waals surface area contributed by atoms with Crippen LogP contribution in [0.2, 0.25) is 0 Å². The maximum atomic E-state index is 11.8. The van der Waals surface area contributed by atoms with Crippen molar-refractivity contribution in [2.24, 2.45) is 0 Å². The van der Waals surface area contributed by atoms with E-state index >= 15 is 0 Å². The van der Waals surface area contributed by atoms with Crippen LogP contribution in [-0.4, -0.2) is 49.7 Å².